The summed E-state index contributed by atoms with van der Waals surface area (Å²) in [7, 11) is -3.68. The molecule has 3 aromatic rings. The van der Waals surface area contributed by atoms with E-state index in [9.17, 15) is 8.42 Å². The number of hydrogen-bond acceptors (Lipinski definition) is 3. The first-order valence-electron chi connectivity index (χ1n) is 8.36. The standard InChI is InChI=1S/C20H18ClN3O2S2/c1-14-6-2-4-8-18(14)24-28(25,26)16-12-10-15(11-13-16)22-20(27)23-19-9-5-3-7-17(19)21/h2-13,24H,1H3,(H2,22,23,27). The second-order valence-corrected chi connectivity index (χ2v) is 8.50. The SMILES string of the molecule is Cc1ccccc1NS(=O)(=O)c1ccc(NC(=S)Nc2ccccc2Cl)cc1. The molecule has 0 radical (unpaired) electrons. The molecule has 3 N–H and O–H groups in total. The van der Waals surface area contributed by atoms with E-state index in [2.05, 4.69) is 15.4 Å². The molecule has 0 aliphatic heterocycles. The summed E-state index contributed by atoms with van der Waals surface area (Å²) in [6.07, 6.45) is 0. The maximum atomic E-state index is 12.6. The van der Waals surface area contributed by atoms with Gasteiger partial charge in [0.25, 0.3) is 10.0 Å². The highest BCUT2D eigenvalue weighted by Gasteiger charge is 2.15. The van der Waals surface area contributed by atoms with Crippen LogP contribution in [0, 0.1) is 6.92 Å². The van der Waals surface area contributed by atoms with Crippen LogP contribution in [0.15, 0.2) is 77.7 Å². The van der Waals surface area contributed by atoms with Crippen molar-refractivity contribution in [2.24, 2.45) is 0 Å². The highest BCUT2D eigenvalue weighted by atomic mass is 35.5. The molecule has 0 aromatic heterocycles. The number of thiocarbonyl (C=S) groups is 1. The van der Waals surface area contributed by atoms with Crippen LogP contribution < -0.4 is 15.4 Å². The first kappa shape index (κ1) is 20.1. The summed E-state index contributed by atoms with van der Waals surface area (Å²) in [5.41, 5.74) is 2.73. The van der Waals surface area contributed by atoms with E-state index in [4.69, 9.17) is 23.8 Å². The van der Waals surface area contributed by atoms with Crippen molar-refractivity contribution in [3.05, 3.63) is 83.4 Å². The summed E-state index contributed by atoms with van der Waals surface area (Å²) in [6.45, 7) is 1.85. The van der Waals surface area contributed by atoms with Gasteiger partial charge in [-0.15, -0.1) is 0 Å². The minimum atomic E-state index is -3.68. The van der Waals surface area contributed by atoms with Gasteiger partial charge in [0.1, 0.15) is 0 Å². The average molecular weight is 432 g/mol. The van der Waals surface area contributed by atoms with E-state index in [1.54, 1.807) is 30.3 Å². The van der Waals surface area contributed by atoms with Crippen molar-refractivity contribution in [1.82, 2.24) is 0 Å². The predicted octanol–water partition coefficient (Wildman–Crippen LogP) is 5.26. The van der Waals surface area contributed by atoms with E-state index in [-0.39, 0.29) is 4.90 Å². The Kier molecular flexibility index (Phi) is 6.18. The summed E-state index contributed by atoms with van der Waals surface area (Å²) in [6, 6.07) is 20.8. The van der Waals surface area contributed by atoms with Crippen molar-refractivity contribution in [3.63, 3.8) is 0 Å². The largest absolute Gasteiger partial charge is 0.332 e. The molecule has 5 nitrogen and oxygen atoms in total. The van der Waals surface area contributed by atoms with Gasteiger partial charge in [0.05, 0.1) is 21.3 Å². The quantitative estimate of drug-likeness (QED) is 0.481. The Morgan fingerprint density at radius 1 is 0.857 bits per heavy atom. The van der Waals surface area contributed by atoms with Gasteiger partial charge in [0, 0.05) is 5.69 Å². The second kappa shape index (κ2) is 8.60. The molecule has 28 heavy (non-hydrogen) atoms. The van der Waals surface area contributed by atoms with Crippen LogP contribution in [0.4, 0.5) is 17.1 Å². The molecule has 0 atom stereocenters. The predicted molar refractivity (Wildman–Crippen MR) is 120 cm³/mol. The molecule has 0 bridgehead atoms. The first-order valence-corrected chi connectivity index (χ1v) is 10.6. The number of halogens is 1. The average Bonchev–Trinajstić information content (AvgIpc) is 2.66. The van der Waals surface area contributed by atoms with Crippen LogP contribution in [-0.2, 0) is 10.0 Å². The number of nitrogens with one attached hydrogen (secondary N) is 3. The molecular weight excluding hydrogens is 414 g/mol. The molecule has 0 unspecified atom stereocenters. The van der Waals surface area contributed by atoms with Crippen molar-refractivity contribution in [1.29, 1.82) is 0 Å². The Labute approximate surface area is 174 Å². The molecule has 144 valence electrons. The highest BCUT2D eigenvalue weighted by Crippen LogP contribution is 2.22. The van der Waals surface area contributed by atoms with Gasteiger partial charge in [0.15, 0.2) is 5.11 Å². The summed E-state index contributed by atoms with van der Waals surface area (Å²) < 4.78 is 27.8. The molecule has 3 aromatic carbocycles. The molecule has 0 fully saturated rings. The Bertz CT molecular complexity index is 1100. The molecule has 3 rings (SSSR count). The van der Waals surface area contributed by atoms with E-state index < -0.39 is 10.0 Å². The van der Waals surface area contributed by atoms with Crippen LogP contribution in [-0.4, -0.2) is 13.5 Å². The van der Waals surface area contributed by atoms with Crippen molar-refractivity contribution < 1.29 is 8.42 Å². The number of para-hydroxylation sites is 2. The molecule has 0 spiro atoms. The Morgan fingerprint density at radius 2 is 1.46 bits per heavy atom. The minimum Gasteiger partial charge on any atom is -0.332 e. The van der Waals surface area contributed by atoms with Crippen molar-refractivity contribution in [2.75, 3.05) is 15.4 Å². The Hall–Kier alpha value is -2.61. The van der Waals surface area contributed by atoms with Crippen LogP contribution in [0.1, 0.15) is 5.56 Å². The van der Waals surface area contributed by atoms with Gasteiger partial charge in [-0.2, -0.15) is 0 Å². The van der Waals surface area contributed by atoms with Gasteiger partial charge in [-0.1, -0.05) is 41.9 Å². The van der Waals surface area contributed by atoms with Crippen molar-refractivity contribution in [2.45, 2.75) is 11.8 Å². The fraction of sp³-hybridized carbons (Fsp3) is 0.0500. The molecule has 0 aliphatic carbocycles. The maximum absolute atomic E-state index is 12.6. The van der Waals surface area contributed by atoms with Gasteiger partial charge in [0.2, 0.25) is 0 Å². The number of sulfonamides is 1. The Balaban J connectivity index is 1.68. The lowest BCUT2D eigenvalue weighted by atomic mass is 10.2. The smallest absolute Gasteiger partial charge is 0.261 e. The van der Waals surface area contributed by atoms with E-state index in [0.717, 1.165) is 5.56 Å². The number of anilines is 3. The third kappa shape index (κ3) is 5.01. The third-order valence-electron chi connectivity index (χ3n) is 3.93. The maximum Gasteiger partial charge on any atom is 0.261 e. The lowest BCUT2D eigenvalue weighted by molar-refractivity contribution is 0.601. The second-order valence-electron chi connectivity index (χ2n) is 6.00. The van der Waals surface area contributed by atoms with Crippen molar-refractivity contribution >= 4 is 56.0 Å². The van der Waals surface area contributed by atoms with E-state index in [1.165, 1.54) is 12.1 Å². The molecule has 0 saturated heterocycles. The van der Waals surface area contributed by atoms with Crippen LogP contribution >= 0.6 is 23.8 Å². The number of benzene rings is 3. The highest BCUT2D eigenvalue weighted by molar-refractivity contribution is 7.92. The van der Waals surface area contributed by atoms with Gasteiger partial charge in [-0.25, -0.2) is 8.42 Å². The summed E-state index contributed by atoms with van der Waals surface area (Å²) in [5.74, 6) is 0. The van der Waals surface area contributed by atoms with Gasteiger partial charge >= 0.3 is 0 Å². The van der Waals surface area contributed by atoms with E-state index in [0.29, 0.717) is 27.2 Å². The summed E-state index contributed by atoms with van der Waals surface area (Å²) in [4.78, 5) is 0.159. The molecule has 0 saturated carbocycles. The lowest BCUT2D eigenvalue weighted by Gasteiger charge is -2.13. The van der Waals surface area contributed by atoms with Crippen LogP contribution in [0.2, 0.25) is 5.02 Å². The van der Waals surface area contributed by atoms with E-state index in [1.807, 2.05) is 37.3 Å². The van der Waals surface area contributed by atoms with Crippen LogP contribution in [0.25, 0.3) is 0 Å². The molecule has 0 heterocycles. The zero-order valence-corrected chi connectivity index (χ0v) is 17.3. The zero-order chi connectivity index (χ0) is 20.1. The molecule has 0 aliphatic rings. The number of aryl methyl sites for hydroxylation is 1. The normalized spacial score (nSPS) is 10.9. The van der Waals surface area contributed by atoms with Gasteiger partial charge in [-0.3, -0.25) is 4.72 Å². The van der Waals surface area contributed by atoms with Crippen molar-refractivity contribution in [3.8, 4) is 0 Å². The van der Waals surface area contributed by atoms with Crippen LogP contribution in [0.5, 0.6) is 0 Å². The summed E-state index contributed by atoms with van der Waals surface area (Å²) >= 11 is 11.4. The molecular formula is C20H18ClN3O2S2. The fourth-order valence-corrected chi connectivity index (χ4v) is 4.00. The van der Waals surface area contributed by atoms with Crippen LogP contribution in [0.3, 0.4) is 0 Å². The lowest BCUT2D eigenvalue weighted by Crippen LogP contribution is -2.19. The van der Waals surface area contributed by atoms with Gasteiger partial charge < -0.3 is 10.6 Å². The summed E-state index contributed by atoms with van der Waals surface area (Å²) in [5, 5.41) is 6.90. The fourth-order valence-electron chi connectivity index (χ4n) is 2.46. The number of rotatable bonds is 5. The third-order valence-corrected chi connectivity index (χ3v) is 5.85. The Morgan fingerprint density at radius 3 is 2.11 bits per heavy atom. The van der Waals surface area contributed by atoms with Gasteiger partial charge in [-0.05, 0) is 67.2 Å². The van der Waals surface area contributed by atoms with E-state index >= 15 is 0 Å². The molecule has 8 heteroatoms. The first-order chi connectivity index (χ1) is 13.3. The topological polar surface area (TPSA) is 70.2 Å². The molecule has 0 amide bonds. The minimum absolute atomic E-state index is 0.159. The number of hydrogen-bond donors (Lipinski definition) is 3. The zero-order valence-electron chi connectivity index (χ0n) is 14.9. The monoisotopic (exact) mass is 431 g/mol.